The summed E-state index contributed by atoms with van der Waals surface area (Å²) in [5.41, 5.74) is 5.13. The van der Waals surface area contributed by atoms with Gasteiger partial charge in [0.2, 0.25) is 0 Å². The van der Waals surface area contributed by atoms with Crippen molar-refractivity contribution in [3.63, 3.8) is 0 Å². The lowest BCUT2D eigenvalue weighted by Crippen LogP contribution is -2.00. The van der Waals surface area contributed by atoms with Crippen LogP contribution in [0.5, 0.6) is 0 Å². The van der Waals surface area contributed by atoms with Crippen molar-refractivity contribution in [1.82, 2.24) is 15.0 Å². The van der Waals surface area contributed by atoms with E-state index in [1.807, 2.05) is 60.7 Å². The molecule has 0 aliphatic carbocycles. The summed E-state index contributed by atoms with van der Waals surface area (Å²) in [6, 6.07) is 41.2. The molecule has 0 saturated heterocycles. The van der Waals surface area contributed by atoms with E-state index in [1.165, 1.54) is 10.8 Å². The van der Waals surface area contributed by atoms with Crippen LogP contribution >= 0.6 is 15.9 Å². The van der Waals surface area contributed by atoms with Crippen LogP contribution in [-0.4, -0.2) is 15.0 Å². The first-order chi connectivity index (χ1) is 17.3. The lowest BCUT2D eigenvalue weighted by atomic mass is 9.97. The van der Waals surface area contributed by atoms with Crippen molar-refractivity contribution in [2.75, 3.05) is 0 Å². The largest absolute Gasteiger partial charge is 0.208 e. The van der Waals surface area contributed by atoms with E-state index in [1.54, 1.807) is 0 Å². The van der Waals surface area contributed by atoms with Crippen LogP contribution in [0.2, 0.25) is 0 Å². The van der Waals surface area contributed by atoms with Crippen molar-refractivity contribution in [3.8, 4) is 45.3 Å². The molecular weight excluding hydrogens is 494 g/mol. The Hall–Kier alpha value is -4.15. The van der Waals surface area contributed by atoms with Gasteiger partial charge in [0.15, 0.2) is 17.5 Å². The number of rotatable bonds is 4. The molecule has 0 saturated carbocycles. The zero-order valence-corrected chi connectivity index (χ0v) is 20.4. The monoisotopic (exact) mass is 513 g/mol. The first-order valence-electron chi connectivity index (χ1n) is 11.4. The molecule has 1 aromatic heterocycles. The molecule has 1 heterocycles. The summed E-state index contributed by atoms with van der Waals surface area (Å²) in [6.45, 7) is 0. The number of hydrogen-bond acceptors (Lipinski definition) is 3. The number of benzene rings is 5. The first-order valence-corrected chi connectivity index (χ1v) is 12.2. The van der Waals surface area contributed by atoms with Gasteiger partial charge in [-0.1, -0.05) is 125 Å². The summed E-state index contributed by atoms with van der Waals surface area (Å²) in [4.78, 5) is 14.6. The standard InChI is InChI=1S/C31H20BrN3/c32-27-19-18-21-10-7-8-17-26(21)28(27)24-15-9-16-25(20-24)31-34-29(22-11-3-1-4-12-22)33-30(35-31)23-13-5-2-6-14-23/h1-20H. The maximum atomic E-state index is 4.89. The Balaban J connectivity index is 1.54. The zero-order valence-electron chi connectivity index (χ0n) is 18.8. The van der Waals surface area contributed by atoms with Crippen molar-refractivity contribution in [2.45, 2.75) is 0 Å². The predicted molar refractivity (Wildman–Crippen MR) is 147 cm³/mol. The van der Waals surface area contributed by atoms with Gasteiger partial charge in [-0.15, -0.1) is 0 Å². The normalized spacial score (nSPS) is 11.0. The van der Waals surface area contributed by atoms with Gasteiger partial charge in [0.25, 0.3) is 0 Å². The topological polar surface area (TPSA) is 38.7 Å². The van der Waals surface area contributed by atoms with Gasteiger partial charge in [-0.2, -0.15) is 0 Å². The summed E-state index contributed by atoms with van der Waals surface area (Å²) < 4.78 is 1.05. The maximum absolute atomic E-state index is 4.89. The van der Waals surface area contributed by atoms with Crippen LogP contribution in [-0.2, 0) is 0 Å². The van der Waals surface area contributed by atoms with Crippen molar-refractivity contribution >= 4 is 26.7 Å². The molecule has 0 spiro atoms. The predicted octanol–water partition coefficient (Wildman–Crippen LogP) is 8.46. The summed E-state index contributed by atoms with van der Waals surface area (Å²) in [7, 11) is 0. The molecule has 35 heavy (non-hydrogen) atoms. The summed E-state index contributed by atoms with van der Waals surface area (Å²) in [5.74, 6) is 1.97. The van der Waals surface area contributed by atoms with Crippen molar-refractivity contribution in [2.24, 2.45) is 0 Å². The Morgan fingerprint density at radius 1 is 0.429 bits per heavy atom. The summed E-state index contributed by atoms with van der Waals surface area (Å²) in [6.07, 6.45) is 0. The van der Waals surface area contributed by atoms with Crippen molar-refractivity contribution in [1.29, 1.82) is 0 Å². The Morgan fingerprint density at radius 3 is 1.60 bits per heavy atom. The molecular formula is C31H20BrN3. The molecule has 0 unspecified atom stereocenters. The minimum atomic E-state index is 0.649. The van der Waals surface area contributed by atoms with E-state index in [0.717, 1.165) is 32.3 Å². The van der Waals surface area contributed by atoms with E-state index >= 15 is 0 Å². The second-order valence-electron chi connectivity index (χ2n) is 8.26. The van der Waals surface area contributed by atoms with E-state index in [9.17, 15) is 0 Å². The number of aromatic nitrogens is 3. The smallest absolute Gasteiger partial charge is 0.164 e. The van der Waals surface area contributed by atoms with Crippen LogP contribution in [0, 0.1) is 0 Å². The molecule has 166 valence electrons. The highest BCUT2D eigenvalue weighted by Crippen LogP contribution is 2.37. The molecule has 6 aromatic rings. The van der Waals surface area contributed by atoms with E-state index in [2.05, 4.69) is 76.6 Å². The highest BCUT2D eigenvalue weighted by atomic mass is 79.9. The summed E-state index contributed by atoms with van der Waals surface area (Å²) >= 11 is 3.78. The molecule has 0 atom stereocenters. The first kappa shape index (κ1) is 21.4. The van der Waals surface area contributed by atoms with E-state index in [-0.39, 0.29) is 0 Å². The molecule has 6 rings (SSSR count). The molecule has 0 amide bonds. The quantitative estimate of drug-likeness (QED) is 0.237. The minimum absolute atomic E-state index is 0.649. The molecule has 0 bridgehead atoms. The van der Waals surface area contributed by atoms with Crippen LogP contribution in [0.1, 0.15) is 0 Å². The zero-order chi connectivity index (χ0) is 23.6. The molecule has 0 fully saturated rings. The number of nitrogens with zero attached hydrogens (tertiary/aromatic N) is 3. The van der Waals surface area contributed by atoms with Gasteiger partial charge < -0.3 is 0 Å². The summed E-state index contributed by atoms with van der Waals surface area (Å²) in [5, 5.41) is 2.40. The van der Waals surface area contributed by atoms with Gasteiger partial charge in [0, 0.05) is 26.7 Å². The van der Waals surface area contributed by atoms with Crippen LogP contribution < -0.4 is 0 Å². The van der Waals surface area contributed by atoms with Crippen LogP contribution in [0.25, 0.3) is 56.1 Å². The third-order valence-corrected chi connectivity index (χ3v) is 6.65. The van der Waals surface area contributed by atoms with Crippen LogP contribution in [0.15, 0.2) is 126 Å². The van der Waals surface area contributed by atoms with Gasteiger partial charge in [-0.05, 0) is 28.5 Å². The fourth-order valence-electron chi connectivity index (χ4n) is 4.29. The van der Waals surface area contributed by atoms with Crippen molar-refractivity contribution in [3.05, 3.63) is 126 Å². The lowest BCUT2D eigenvalue weighted by Gasteiger charge is -2.12. The molecule has 5 aromatic carbocycles. The van der Waals surface area contributed by atoms with E-state index in [0.29, 0.717) is 17.5 Å². The molecule has 0 aliphatic rings. The van der Waals surface area contributed by atoms with Gasteiger partial charge in [-0.3, -0.25) is 0 Å². The van der Waals surface area contributed by atoms with Crippen LogP contribution in [0.3, 0.4) is 0 Å². The Morgan fingerprint density at radius 2 is 0.943 bits per heavy atom. The van der Waals surface area contributed by atoms with E-state index < -0.39 is 0 Å². The Kier molecular flexibility index (Phi) is 5.65. The van der Waals surface area contributed by atoms with Gasteiger partial charge in [-0.25, -0.2) is 15.0 Å². The third kappa shape index (κ3) is 4.25. The molecule has 0 radical (unpaired) electrons. The number of fused-ring (bicyclic) bond motifs is 1. The third-order valence-electron chi connectivity index (χ3n) is 5.99. The lowest BCUT2D eigenvalue weighted by molar-refractivity contribution is 1.07. The Labute approximate surface area is 212 Å². The molecule has 4 heteroatoms. The number of halogens is 1. The number of hydrogen-bond donors (Lipinski definition) is 0. The fourth-order valence-corrected chi connectivity index (χ4v) is 4.86. The fraction of sp³-hybridized carbons (Fsp3) is 0. The molecule has 0 N–H and O–H groups in total. The van der Waals surface area contributed by atoms with Crippen LogP contribution in [0.4, 0.5) is 0 Å². The SMILES string of the molecule is Brc1ccc2ccccc2c1-c1cccc(-c2nc(-c3ccccc3)nc(-c3ccccc3)n2)c1. The highest BCUT2D eigenvalue weighted by molar-refractivity contribution is 9.10. The minimum Gasteiger partial charge on any atom is -0.208 e. The van der Waals surface area contributed by atoms with E-state index in [4.69, 9.17) is 15.0 Å². The van der Waals surface area contributed by atoms with Gasteiger partial charge in [0.05, 0.1) is 0 Å². The molecule has 0 aliphatic heterocycles. The van der Waals surface area contributed by atoms with Gasteiger partial charge >= 0.3 is 0 Å². The maximum Gasteiger partial charge on any atom is 0.164 e. The van der Waals surface area contributed by atoms with Gasteiger partial charge in [0.1, 0.15) is 0 Å². The second-order valence-corrected chi connectivity index (χ2v) is 9.12. The Bertz CT molecular complexity index is 1590. The average molecular weight is 514 g/mol. The molecule has 3 nitrogen and oxygen atoms in total. The highest BCUT2D eigenvalue weighted by Gasteiger charge is 2.14. The average Bonchev–Trinajstić information content (AvgIpc) is 2.94. The second kappa shape index (κ2) is 9.24. The van der Waals surface area contributed by atoms with Crippen molar-refractivity contribution < 1.29 is 0 Å².